The van der Waals surface area contributed by atoms with Gasteiger partial charge in [-0.2, -0.15) is 5.10 Å². The number of hydrogen-bond donors (Lipinski definition) is 1. The van der Waals surface area contributed by atoms with Crippen LogP contribution in [0.4, 0.5) is 5.95 Å². The van der Waals surface area contributed by atoms with E-state index in [0.717, 1.165) is 22.6 Å². The maximum atomic E-state index is 5.71. The van der Waals surface area contributed by atoms with Crippen LogP contribution in [0.25, 0.3) is 0 Å². The van der Waals surface area contributed by atoms with E-state index in [-0.39, 0.29) is 0 Å². The largest absolute Gasteiger partial charge is 0.497 e. The summed E-state index contributed by atoms with van der Waals surface area (Å²) in [6.45, 7) is 3.88. The van der Waals surface area contributed by atoms with Crippen LogP contribution in [0.2, 0.25) is 0 Å². The van der Waals surface area contributed by atoms with Crippen molar-refractivity contribution in [2.75, 3.05) is 12.8 Å². The lowest BCUT2D eigenvalue weighted by Gasteiger charge is -2.03. The second-order valence-electron chi connectivity index (χ2n) is 4.05. The van der Waals surface area contributed by atoms with Crippen molar-refractivity contribution < 1.29 is 4.74 Å². The van der Waals surface area contributed by atoms with Crippen LogP contribution in [0, 0.1) is 13.8 Å². The van der Waals surface area contributed by atoms with Crippen molar-refractivity contribution >= 4 is 12.2 Å². The SMILES string of the molecule is COc1ccc(C=Nn2cc(C)nc2N)c(C)c1. The fraction of sp³-hybridized carbons (Fsp3) is 0.231. The van der Waals surface area contributed by atoms with Gasteiger partial charge in [0, 0.05) is 0 Å². The monoisotopic (exact) mass is 244 g/mol. The molecule has 0 aliphatic heterocycles. The van der Waals surface area contributed by atoms with Crippen molar-refractivity contribution in [3.8, 4) is 5.75 Å². The third kappa shape index (κ3) is 2.51. The lowest BCUT2D eigenvalue weighted by Crippen LogP contribution is -1.97. The van der Waals surface area contributed by atoms with Crippen LogP contribution in [0.15, 0.2) is 29.5 Å². The zero-order chi connectivity index (χ0) is 13.1. The molecule has 18 heavy (non-hydrogen) atoms. The third-order valence-electron chi connectivity index (χ3n) is 2.63. The Bertz CT molecular complexity index is 587. The number of nitrogen functional groups attached to an aromatic ring is 1. The molecule has 0 saturated carbocycles. The summed E-state index contributed by atoms with van der Waals surface area (Å²) >= 11 is 0. The first-order chi connectivity index (χ1) is 8.60. The minimum atomic E-state index is 0.384. The van der Waals surface area contributed by atoms with Crippen molar-refractivity contribution in [2.45, 2.75) is 13.8 Å². The van der Waals surface area contributed by atoms with Crippen LogP contribution < -0.4 is 10.5 Å². The van der Waals surface area contributed by atoms with E-state index >= 15 is 0 Å². The molecule has 0 aliphatic rings. The highest BCUT2D eigenvalue weighted by molar-refractivity contribution is 5.82. The van der Waals surface area contributed by atoms with Gasteiger partial charge in [0.1, 0.15) is 5.75 Å². The van der Waals surface area contributed by atoms with Gasteiger partial charge < -0.3 is 10.5 Å². The highest BCUT2D eigenvalue weighted by Crippen LogP contribution is 2.15. The number of hydrogen-bond acceptors (Lipinski definition) is 4. The van der Waals surface area contributed by atoms with E-state index in [0.29, 0.717) is 5.95 Å². The molecule has 0 amide bonds. The van der Waals surface area contributed by atoms with Crippen LogP contribution in [0.3, 0.4) is 0 Å². The summed E-state index contributed by atoms with van der Waals surface area (Å²) in [5.74, 6) is 1.22. The maximum absolute atomic E-state index is 5.71. The van der Waals surface area contributed by atoms with Gasteiger partial charge in [-0.25, -0.2) is 9.66 Å². The number of ether oxygens (including phenoxy) is 1. The van der Waals surface area contributed by atoms with Gasteiger partial charge in [0.2, 0.25) is 5.95 Å². The maximum Gasteiger partial charge on any atom is 0.221 e. The molecular formula is C13H16N4O. The second-order valence-corrected chi connectivity index (χ2v) is 4.05. The topological polar surface area (TPSA) is 65.4 Å². The Morgan fingerprint density at radius 2 is 2.17 bits per heavy atom. The van der Waals surface area contributed by atoms with Crippen molar-refractivity contribution in [3.63, 3.8) is 0 Å². The third-order valence-corrected chi connectivity index (χ3v) is 2.63. The Morgan fingerprint density at radius 3 is 2.72 bits per heavy atom. The molecule has 0 bridgehead atoms. The summed E-state index contributed by atoms with van der Waals surface area (Å²) in [7, 11) is 1.65. The molecule has 0 radical (unpaired) electrons. The summed E-state index contributed by atoms with van der Waals surface area (Å²) in [5, 5.41) is 4.28. The Morgan fingerprint density at radius 1 is 1.39 bits per heavy atom. The van der Waals surface area contributed by atoms with Crippen molar-refractivity contribution in [2.24, 2.45) is 5.10 Å². The lowest BCUT2D eigenvalue weighted by molar-refractivity contribution is 0.414. The standard InChI is InChI=1S/C13H16N4O/c1-9-6-12(18-3)5-4-11(9)7-15-17-8-10(2)16-13(17)14/h4-8H,1-3H3,(H2,14,16). The molecule has 5 heteroatoms. The van der Waals surface area contributed by atoms with Crippen molar-refractivity contribution in [1.29, 1.82) is 0 Å². The highest BCUT2D eigenvalue weighted by atomic mass is 16.5. The van der Waals surface area contributed by atoms with E-state index in [4.69, 9.17) is 10.5 Å². The zero-order valence-corrected chi connectivity index (χ0v) is 10.7. The first-order valence-corrected chi connectivity index (χ1v) is 5.60. The fourth-order valence-electron chi connectivity index (χ4n) is 1.64. The molecule has 0 saturated heterocycles. The van der Waals surface area contributed by atoms with E-state index in [1.54, 1.807) is 24.2 Å². The number of nitrogens with two attached hydrogens (primary N) is 1. The molecule has 0 atom stereocenters. The molecule has 2 aromatic rings. The van der Waals surface area contributed by atoms with Gasteiger partial charge >= 0.3 is 0 Å². The van der Waals surface area contributed by atoms with Crippen LogP contribution >= 0.6 is 0 Å². The molecule has 0 fully saturated rings. The van der Waals surface area contributed by atoms with Crippen LogP contribution in [-0.4, -0.2) is 23.0 Å². The predicted molar refractivity (Wildman–Crippen MR) is 72.1 cm³/mol. The minimum absolute atomic E-state index is 0.384. The van der Waals surface area contributed by atoms with Gasteiger partial charge in [-0.05, 0) is 43.2 Å². The molecule has 2 rings (SSSR count). The average molecular weight is 244 g/mol. The quantitative estimate of drug-likeness (QED) is 0.839. The molecule has 1 heterocycles. The number of imidazole rings is 1. The van der Waals surface area contributed by atoms with Gasteiger partial charge in [0.15, 0.2) is 0 Å². The fourth-order valence-corrected chi connectivity index (χ4v) is 1.64. The Kier molecular flexibility index (Phi) is 3.32. The molecule has 0 aliphatic carbocycles. The summed E-state index contributed by atoms with van der Waals surface area (Å²) in [4.78, 5) is 4.08. The summed E-state index contributed by atoms with van der Waals surface area (Å²) in [6, 6.07) is 5.82. The van der Waals surface area contributed by atoms with Crippen LogP contribution in [0.5, 0.6) is 5.75 Å². The highest BCUT2D eigenvalue weighted by Gasteiger charge is 2.00. The second kappa shape index (κ2) is 4.91. The number of aryl methyl sites for hydroxylation is 2. The molecule has 94 valence electrons. The summed E-state index contributed by atoms with van der Waals surface area (Å²) in [6.07, 6.45) is 3.54. The Labute approximate surface area is 106 Å². The van der Waals surface area contributed by atoms with Gasteiger partial charge in [-0.1, -0.05) is 0 Å². The first kappa shape index (κ1) is 12.2. The summed E-state index contributed by atoms with van der Waals surface area (Å²) < 4.78 is 6.71. The van der Waals surface area contributed by atoms with Gasteiger partial charge in [0.25, 0.3) is 0 Å². The molecule has 2 N–H and O–H groups in total. The molecule has 1 aromatic heterocycles. The first-order valence-electron chi connectivity index (χ1n) is 5.60. The van der Waals surface area contributed by atoms with Gasteiger partial charge in [-0.3, -0.25) is 0 Å². The van der Waals surface area contributed by atoms with E-state index < -0.39 is 0 Å². The van der Waals surface area contributed by atoms with Gasteiger partial charge in [-0.15, -0.1) is 0 Å². The Hall–Kier alpha value is -2.30. The molecule has 5 nitrogen and oxygen atoms in total. The smallest absolute Gasteiger partial charge is 0.221 e. The number of benzene rings is 1. The van der Waals surface area contributed by atoms with E-state index in [1.807, 2.05) is 32.0 Å². The van der Waals surface area contributed by atoms with E-state index in [9.17, 15) is 0 Å². The molecule has 1 aromatic carbocycles. The normalized spacial score (nSPS) is 11.1. The number of aromatic nitrogens is 2. The minimum Gasteiger partial charge on any atom is -0.497 e. The van der Waals surface area contributed by atoms with E-state index in [2.05, 4.69) is 10.1 Å². The molecule has 0 spiro atoms. The van der Waals surface area contributed by atoms with Gasteiger partial charge in [0.05, 0.1) is 25.2 Å². The number of nitrogens with zero attached hydrogens (tertiary/aromatic N) is 3. The van der Waals surface area contributed by atoms with Crippen LogP contribution in [0.1, 0.15) is 16.8 Å². The molecular weight excluding hydrogens is 228 g/mol. The zero-order valence-electron chi connectivity index (χ0n) is 10.7. The predicted octanol–water partition coefficient (Wildman–Crippen LogP) is 1.97. The van der Waals surface area contributed by atoms with Crippen molar-refractivity contribution in [1.82, 2.24) is 9.66 Å². The average Bonchev–Trinajstić information content (AvgIpc) is 2.66. The van der Waals surface area contributed by atoms with Crippen molar-refractivity contribution in [3.05, 3.63) is 41.2 Å². The number of rotatable bonds is 3. The van der Waals surface area contributed by atoms with E-state index in [1.165, 1.54) is 0 Å². The lowest BCUT2D eigenvalue weighted by atomic mass is 10.1. The number of anilines is 1. The van der Waals surface area contributed by atoms with Crippen LogP contribution in [-0.2, 0) is 0 Å². The Balaban J connectivity index is 2.26. The summed E-state index contributed by atoms with van der Waals surface area (Å²) in [5.41, 5.74) is 8.66. The number of methoxy groups -OCH3 is 1. The molecule has 0 unspecified atom stereocenters.